The van der Waals surface area contributed by atoms with Crippen LogP contribution in [0, 0.1) is 11.8 Å². The minimum Gasteiger partial charge on any atom is -0.474 e. The molecular formula is C30H38F2N6O4. The van der Waals surface area contributed by atoms with Crippen molar-refractivity contribution in [2.24, 2.45) is 11.8 Å². The molecule has 3 aliphatic rings. The van der Waals surface area contributed by atoms with E-state index >= 15 is 0 Å². The predicted molar refractivity (Wildman–Crippen MR) is 152 cm³/mol. The van der Waals surface area contributed by atoms with Crippen molar-refractivity contribution < 1.29 is 27.8 Å². The van der Waals surface area contributed by atoms with Crippen LogP contribution < -0.4 is 9.64 Å². The van der Waals surface area contributed by atoms with E-state index in [1.54, 1.807) is 37.4 Å². The van der Waals surface area contributed by atoms with Gasteiger partial charge in [0, 0.05) is 51.9 Å². The van der Waals surface area contributed by atoms with Gasteiger partial charge in [0.15, 0.2) is 5.82 Å². The summed E-state index contributed by atoms with van der Waals surface area (Å²) < 4.78 is 46.9. The molecule has 0 radical (unpaired) electrons. The second-order valence-corrected chi connectivity index (χ2v) is 11.4. The zero-order valence-electron chi connectivity index (χ0n) is 24.0. The monoisotopic (exact) mass is 584 g/mol. The van der Waals surface area contributed by atoms with E-state index < -0.39 is 6.43 Å². The van der Waals surface area contributed by atoms with Gasteiger partial charge in [-0.2, -0.15) is 9.97 Å². The number of fused-ring (bicyclic) bond motifs is 1. The summed E-state index contributed by atoms with van der Waals surface area (Å²) in [5, 5.41) is 0. The smallest absolute Gasteiger partial charge is 0.296 e. The van der Waals surface area contributed by atoms with Crippen LogP contribution in [0.1, 0.15) is 50.8 Å². The number of amides is 1. The number of piperidine rings is 1. The van der Waals surface area contributed by atoms with Gasteiger partial charge in [0.25, 0.3) is 6.43 Å². The fourth-order valence-corrected chi connectivity index (χ4v) is 6.32. The number of carbonyl (C=O) groups excluding carboxylic acids is 1. The van der Waals surface area contributed by atoms with Gasteiger partial charge in [-0.15, -0.1) is 0 Å². The maximum absolute atomic E-state index is 14.1. The van der Waals surface area contributed by atoms with E-state index in [0.717, 1.165) is 58.2 Å². The van der Waals surface area contributed by atoms with E-state index in [4.69, 9.17) is 24.2 Å². The summed E-state index contributed by atoms with van der Waals surface area (Å²) >= 11 is 0. The first kappa shape index (κ1) is 28.7. The number of rotatable bonds is 8. The molecule has 2 aliphatic heterocycles. The fourth-order valence-electron chi connectivity index (χ4n) is 6.32. The third-order valence-corrected chi connectivity index (χ3v) is 8.62. The first-order valence-electron chi connectivity index (χ1n) is 14.9. The molecule has 226 valence electrons. The van der Waals surface area contributed by atoms with Crippen LogP contribution in [0.3, 0.4) is 0 Å². The van der Waals surface area contributed by atoms with E-state index in [0.29, 0.717) is 55.1 Å². The molecule has 42 heavy (non-hydrogen) atoms. The SMILES string of the molecule is COCC1CCN(C(=O)C2CCC(Oc3cc(-n4c(C(F)F)nc5ccccc54)nc(N4CCOCC4)n3)CC2)CC1. The molecule has 3 fully saturated rings. The largest absolute Gasteiger partial charge is 0.474 e. The third-order valence-electron chi connectivity index (χ3n) is 8.62. The molecular weight excluding hydrogens is 546 g/mol. The number of hydrogen-bond acceptors (Lipinski definition) is 8. The van der Waals surface area contributed by atoms with Gasteiger partial charge < -0.3 is 24.0 Å². The Morgan fingerprint density at radius 2 is 1.74 bits per heavy atom. The second-order valence-electron chi connectivity index (χ2n) is 11.4. The van der Waals surface area contributed by atoms with Gasteiger partial charge in [0.05, 0.1) is 24.2 Å². The molecule has 10 nitrogen and oxygen atoms in total. The molecule has 4 heterocycles. The van der Waals surface area contributed by atoms with Crippen LogP contribution in [0.15, 0.2) is 30.3 Å². The number of aromatic nitrogens is 4. The molecule has 0 atom stereocenters. The summed E-state index contributed by atoms with van der Waals surface area (Å²) in [7, 11) is 1.73. The molecule has 2 saturated heterocycles. The topological polar surface area (TPSA) is 94.8 Å². The maximum Gasteiger partial charge on any atom is 0.296 e. The molecule has 1 amide bonds. The highest BCUT2D eigenvalue weighted by molar-refractivity contribution is 5.79. The average molecular weight is 585 g/mol. The van der Waals surface area contributed by atoms with Crippen LogP contribution in [0.2, 0.25) is 0 Å². The summed E-state index contributed by atoms with van der Waals surface area (Å²) in [5.41, 5.74) is 1.00. The van der Waals surface area contributed by atoms with Gasteiger partial charge in [-0.25, -0.2) is 13.8 Å². The van der Waals surface area contributed by atoms with E-state index in [2.05, 4.69) is 4.98 Å². The van der Waals surface area contributed by atoms with E-state index in [1.807, 2.05) is 9.80 Å². The summed E-state index contributed by atoms with van der Waals surface area (Å²) in [6, 6.07) is 8.64. The Labute approximate surface area is 244 Å². The Balaban J connectivity index is 1.19. The van der Waals surface area contributed by atoms with Crippen LogP contribution in [0.25, 0.3) is 16.9 Å². The number of anilines is 1. The fraction of sp³-hybridized carbons (Fsp3) is 0.600. The maximum atomic E-state index is 14.1. The number of hydrogen-bond donors (Lipinski definition) is 0. The van der Waals surface area contributed by atoms with Gasteiger partial charge in [-0.05, 0) is 56.6 Å². The highest BCUT2D eigenvalue weighted by Gasteiger charge is 2.33. The number of benzene rings is 1. The molecule has 1 aliphatic carbocycles. The molecule has 1 aromatic carbocycles. The van der Waals surface area contributed by atoms with Crippen LogP contribution in [-0.2, 0) is 14.3 Å². The van der Waals surface area contributed by atoms with E-state index in [1.165, 1.54) is 4.57 Å². The van der Waals surface area contributed by atoms with Crippen molar-refractivity contribution >= 4 is 22.9 Å². The van der Waals surface area contributed by atoms with Crippen LogP contribution in [0.4, 0.5) is 14.7 Å². The Morgan fingerprint density at radius 3 is 2.45 bits per heavy atom. The minimum atomic E-state index is -2.79. The zero-order chi connectivity index (χ0) is 29.1. The average Bonchev–Trinajstić information content (AvgIpc) is 3.42. The normalized spacial score (nSPS) is 22.2. The second kappa shape index (κ2) is 12.9. The van der Waals surface area contributed by atoms with Crippen molar-refractivity contribution in [3.8, 4) is 11.7 Å². The zero-order valence-corrected chi connectivity index (χ0v) is 24.0. The Morgan fingerprint density at radius 1 is 1.00 bits per heavy atom. The lowest BCUT2D eigenvalue weighted by atomic mass is 9.85. The molecule has 0 bridgehead atoms. The first-order chi connectivity index (χ1) is 20.5. The number of imidazole rings is 1. The number of halogens is 2. The van der Waals surface area contributed by atoms with Crippen molar-refractivity contribution in [3.05, 3.63) is 36.2 Å². The molecule has 3 aromatic rings. The van der Waals surface area contributed by atoms with Crippen LogP contribution in [-0.4, -0.2) is 89.5 Å². The number of nitrogens with zero attached hydrogens (tertiary/aromatic N) is 6. The molecule has 6 rings (SSSR count). The van der Waals surface area contributed by atoms with Gasteiger partial charge in [0.1, 0.15) is 11.9 Å². The van der Waals surface area contributed by atoms with E-state index in [-0.39, 0.29) is 29.6 Å². The van der Waals surface area contributed by atoms with Crippen molar-refractivity contribution in [2.45, 2.75) is 51.1 Å². The molecule has 0 unspecified atom stereocenters. The van der Waals surface area contributed by atoms with Gasteiger partial charge >= 0.3 is 0 Å². The Bertz CT molecular complexity index is 1370. The molecule has 12 heteroatoms. The predicted octanol–water partition coefficient (Wildman–Crippen LogP) is 4.41. The van der Waals surface area contributed by atoms with Crippen molar-refractivity contribution in [2.75, 3.05) is 58.0 Å². The van der Waals surface area contributed by atoms with Crippen LogP contribution >= 0.6 is 0 Å². The number of alkyl halides is 2. The van der Waals surface area contributed by atoms with Gasteiger partial charge in [0.2, 0.25) is 17.7 Å². The summed E-state index contributed by atoms with van der Waals surface area (Å²) in [6.07, 6.45) is 1.99. The summed E-state index contributed by atoms with van der Waals surface area (Å²) in [4.78, 5) is 30.8. The number of carbonyl (C=O) groups is 1. The lowest BCUT2D eigenvalue weighted by molar-refractivity contribution is -0.138. The lowest BCUT2D eigenvalue weighted by Crippen LogP contribution is -2.43. The highest BCUT2D eigenvalue weighted by Crippen LogP contribution is 2.33. The van der Waals surface area contributed by atoms with Crippen LogP contribution in [0.5, 0.6) is 5.88 Å². The molecule has 0 N–H and O–H groups in total. The van der Waals surface area contributed by atoms with Crippen molar-refractivity contribution in [1.82, 2.24) is 24.4 Å². The lowest BCUT2D eigenvalue weighted by Gasteiger charge is -2.36. The van der Waals surface area contributed by atoms with Gasteiger partial charge in [-0.1, -0.05) is 12.1 Å². The highest BCUT2D eigenvalue weighted by atomic mass is 19.3. The number of methoxy groups -OCH3 is 1. The van der Waals surface area contributed by atoms with Crippen molar-refractivity contribution in [3.63, 3.8) is 0 Å². The standard InChI is InChI=1S/C30H38F2N6O4/c1-40-19-20-10-12-36(13-11-20)29(39)21-6-8-22(9-7-21)42-26-18-25(34-30(35-26)37-14-16-41-17-15-37)38-24-5-3-2-4-23(24)33-28(38)27(31)32/h2-5,18,20-22,27H,6-17,19H2,1H3. The van der Waals surface area contributed by atoms with Crippen molar-refractivity contribution in [1.29, 1.82) is 0 Å². The summed E-state index contributed by atoms with van der Waals surface area (Å²) in [5.74, 6) is 1.42. The molecule has 0 spiro atoms. The number of ether oxygens (including phenoxy) is 3. The molecule has 1 saturated carbocycles. The summed E-state index contributed by atoms with van der Waals surface area (Å²) in [6.45, 7) is 4.57. The first-order valence-corrected chi connectivity index (χ1v) is 14.9. The minimum absolute atomic E-state index is 0.000362. The Hall–Kier alpha value is -3.38. The third kappa shape index (κ3) is 6.19. The number of likely N-dealkylation sites (tertiary alicyclic amines) is 1. The number of para-hydroxylation sites is 2. The van der Waals surface area contributed by atoms with E-state index in [9.17, 15) is 13.6 Å². The Kier molecular flexibility index (Phi) is 8.80. The molecule has 2 aromatic heterocycles. The quantitative estimate of drug-likeness (QED) is 0.384. The van der Waals surface area contributed by atoms with Gasteiger partial charge in [-0.3, -0.25) is 9.36 Å². The number of morpholine rings is 1.